The van der Waals surface area contributed by atoms with Crippen molar-refractivity contribution in [1.29, 1.82) is 0 Å². The minimum atomic E-state index is -4.46. The van der Waals surface area contributed by atoms with Gasteiger partial charge in [0.05, 0.1) is 17.5 Å². The van der Waals surface area contributed by atoms with Gasteiger partial charge in [-0.3, -0.25) is 4.79 Å². The Labute approximate surface area is 139 Å². The minimum Gasteiger partial charge on any atom is -0.491 e. The zero-order valence-corrected chi connectivity index (χ0v) is 13.5. The summed E-state index contributed by atoms with van der Waals surface area (Å²) in [7, 11) is 0. The molecular weight excluding hydrogens is 333 g/mol. The highest BCUT2D eigenvalue weighted by Crippen LogP contribution is 2.35. The van der Waals surface area contributed by atoms with Gasteiger partial charge in [-0.15, -0.1) is 12.4 Å². The maximum absolute atomic E-state index is 12.8. The summed E-state index contributed by atoms with van der Waals surface area (Å²) < 4.78 is 43.7. The molecule has 0 spiro atoms. The van der Waals surface area contributed by atoms with Crippen molar-refractivity contribution in [2.45, 2.75) is 25.6 Å². The topological polar surface area (TPSA) is 50.4 Å². The molecule has 1 aliphatic rings. The van der Waals surface area contributed by atoms with Crippen molar-refractivity contribution >= 4 is 18.3 Å². The van der Waals surface area contributed by atoms with Crippen molar-refractivity contribution in [2.75, 3.05) is 19.7 Å². The average molecular weight is 353 g/mol. The molecule has 0 saturated carbocycles. The molecule has 0 bridgehead atoms. The van der Waals surface area contributed by atoms with E-state index in [0.29, 0.717) is 6.54 Å². The minimum absolute atomic E-state index is 0. The van der Waals surface area contributed by atoms with Crippen LogP contribution in [0.15, 0.2) is 24.3 Å². The third kappa shape index (κ3) is 5.58. The second-order valence-electron chi connectivity index (χ2n) is 5.40. The summed E-state index contributed by atoms with van der Waals surface area (Å²) >= 11 is 0. The van der Waals surface area contributed by atoms with E-state index >= 15 is 0 Å². The Hall–Kier alpha value is -1.47. The number of para-hydroxylation sites is 1. The van der Waals surface area contributed by atoms with Crippen LogP contribution >= 0.6 is 12.4 Å². The Morgan fingerprint density at radius 3 is 2.74 bits per heavy atom. The predicted molar refractivity (Wildman–Crippen MR) is 82.8 cm³/mol. The molecule has 1 aliphatic heterocycles. The van der Waals surface area contributed by atoms with Gasteiger partial charge in [-0.05, 0) is 32.0 Å². The van der Waals surface area contributed by atoms with E-state index in [1.165, 1.54) is 18.2 Å². The lowest BCUT2D eigenvalue weighted by atomic mass is 10.1. The van der Waals surface area contributed by atoms with Crippen LogP contribution in [0.5, 0.6) is 5.75 Å². The number of ether oxygens (including phenoxy) is 1. The van der Waals surface area contributed by atoms with Crippen LogP contribution in [0.2, 0.25) is 0 Å². The molecule has 0 radical (unpaired) electrons. The Kier molecular flexibility index (Phi) is 7.15. The van der Waals surface area contributed by atoms with Gasteiger partial charge < -0.3 is 15.4 Å². The SMILES string of the molecule is CC(COc1ccccc1C(F)(F)F)NC(=O)C1CCNC1.Cl. The summed E-state index contributed by atoms with van der Waals surface area (Å²) in [5, 5.41) is 5.86. The van der Waals surface area contributed by atoms with E-state index in [4.69, 9.17) is 4.74 Å². The maximum atomic E-state index is 12.8. The quantitative estimate of drug-likeness (QED) is 0.856. The molecule has 0 aromatic heterocycles. The number of halogens is 4. The third-order valence-electron chi connectivity index (χ3n) is 3.50. The van der Waals surface area contributed by atoms with E-state index < -0.39 is 11.7 Å². The highest BCUT2D eigenvalue weighted by Gasteiger charge is 2.34. The van der Waals surface area contributed by atoms with Gasteiger partial charge in [0.15, 0.2) is 0 Å². The van der Waals surface area contributed by atoms with Gasteiger partial charge in [-0.25, -0.2) is 0 Å². The van der Waals surface area contributed by atoms with Crippen LogP contribution in [0.3, 0.4) is 0 Å². The molecule has 1 heterocycles. The van der Waals surface area contributed by atoms with Crippen molar-refractivity contribution in [2.24, 2.45) is 5.92 Å². The molecule has 4 nitrogen and oxygen atoms in total. The van der Waals surface area contributed by atoms with Crippen LogP contribution in [0.1, 0.15) is 18.9 Å². The lowest BCUT2D eigenvalue weighted by Gasteiger charge is -2.19. The fourth-order valence-corrected chi connectivity index (χ4v) is 2.32. The Morgan fingerprint density at radius 2 is 2.13 bits per heavy atom. The number of alkyl halides is 3. The number of nitrogens with one attached hydrogen (secondary N) is 2. The summed E-state index contributed by atoms with van der Waals surface area (Å²) in [6, 6.07) is 4.68. The monoisotopic (exact) mass is 352 g/mol. The molecule has 23 heavy (non-hydrogen) atoms. The van der Waals surface area contributed by atoms with Crippen molar-refractivity contribution in [3.05, 3.63) is 29.8 Å². The molecule has 2 N–H and O–H groups in total. The molecule has 2 atom stereocenters. The number of hydrogen-bond acceptors (Lipinski definition) is 3. The average Bonchev–Trinajstić information content (AvgIpc) is 2.98. The first kappa shape index (κ1) is 19.6. The lowest BCUT2D eigenvalue weighted by Crippen LogP contribution is -2.41. The van der Waals surface area contributed by atoms with Crippen LogP contribution in [-0.2, 0) is 11.0 Å². The fraction of sp³-hybridized carbons (Fsp3) is 0.533. The van der Waals surface area contributed by atoms with E-state index in [1.807, 2.05) is 0 Å². The van der Waals surface area contributed by atoms with Gasteiger partial charge in [-0.1, -0.05) is 12.1 Å². The number of carbonyl (C=O) groups excluding carboxylic acids is 1. The molecule has 2 unspecified atom stereocenters. The second kappa shape index (κ2) is 8.40. The largest absolute Gasteiger partial charge is 0.491 e. The summed E-state index contributed by atoms with van der Waals surface area (Å²) in [5.74, 6) is -0.395. The number of rotatable bonds is 5. The van der Waals surface area contributed by atoms with Crippen LogP contribution in [0.25, 0.3) is 0 Å². The zero-order chi connectivity index (χ0) is 16.2. The maximum Gasteiger partial charge on any atom is 0.419 e. The van der Waals surface area contributed by atoms with Gasteiger partial charge in [0.25, 0.3) is 0 Å². The molecule has 1 aromatic carbocycles. The molecule has 1 fully saturated rings. The van der Waals surface area contributed by atoms with E-state index in [0.717, 1.165) is 19.0 Å². The first-order valence-electron chi connectivity index (χ1n) is 7.18. The van der Waals surface area contributed by atoms with Crippen molar-refractivity contribution in [3.63, 3.8) is 0 Å². The molecular formula is C15H20ClF3N2O2. The summed E-state index contributed by atoms with van der Waals surface area (Å²) in [4.78, 5) is 11.9. The van der Waals surface area contributed by atoms with E-state index in [-0.39, 0.29) is 42.6 Å². The number of hydrogen-bond donors (Lipinski definition) is 2. The van der Waals surface area contributed by atoms with Crippen LogP contribution in [-0.4, -0.2) is 31.6 Å². The van der Waals surface area contributed by atoms with Crippen LogP contribution in [0, 0.1) is 5.92 Å². The number of benzene rings is 1. The van der Waals surface area contributed by atoms with Gasteiger partial charge in [0.1, 0.15) is 12.4 Å². The summed E-state index contributed by atoms with van der Waals surface area (Å²) in [6.07, 6.45) is -3.69. The molecule has 8 heteroatoms. The fourth-order valence-electron chi connectivity index (χ4n) is 2.32. The summed E-state index contributed by atoms with van der Waals surface area (Å²) in [6.45, 7) is 3.13. The van der Waals surface area contributed by atoms with Crippen molar-refractivity contribution < 1.29 is 22.7 Å². The van der Waals surface area contributed by atoms with Crippen molar-refractivity contribution in [1.82, 2.24) is 10.6 Å². The second-order valence-corrected chi connectivity index (χ2v) is 5.40. The predicted octanol–water partition coefficient (Wildman–Crippen LogP) is 2.62. The standard InChI is InChI=1S/C15H19F3N2O2.ClH/c1-10(20-14(21)11-6-7-19-8-11)9-22-13-5-3-2-4-12(13)15(16,17)18;/h2-5,10-11,19H,6-9H2,1H3,(H,20,21);1H. The third-order valence-corrected chi connectivity index (χ3v) is 3.50. The number of carbonyl (C=O) groups is 1. The molecule has 1 amide bonds. The molecule has 0 aliphatic carbocycles. The van der Waals surface area contributed by atoms with E-state index in [9.17, 15) is 18.0 Å². The Balaban J connectivity index is 0.00000264. The first-order chi connectivity index (χ1) is 10.4. The smallest absolute Gasteiger partial charge is 0.419 e. The van der Waals surface area contributed by atoms with Crippen LogP contribution < -0.4 is 15.4 Å². The highest BCUT2D eigenvalue weighted by atomic mass is 35.5. The Morgan fingerprint density at radius 1 is 1.43 bits per heavy atom. The van der Waals surface area contributed by atoms with Gasteiger partial charge in [0.2, 0.25) is 5.91 Å². The molecule has 2 rings (SSSR count). The molecule has 1 saturated heterocycles. The molecule has 1 aromatic rings. The van der Waals surface area contributed by atoms with E-state index in [1.54, 1.807) is 6.92 Å². The first-order valence-corrected chi connectivity index (χ1v) is 7.18. The van der Waals surface area contributed by atoms with Crippen molar-refractivity contribution in [3.8, 4) is 5.75 Å². The zero-order valence-electron chi connectivity index (χ0n) is 12.7. The van der Waals surface area contributed by atoms with Gasteiger partial charge in [0, 0.05) is 6.54 Å². The number of amides is 1. The van der Waals surface area contributed by atoms with Gasteiger partial charge in [-0.2, -0.15) is 13.2 Å². The van der Waals surface area contributed by atoms with Crippen LogP contribution in [0.4, 0.5) is 13.2 Å². The van der Waals surface area contributed by atoms with Gasteiger partial charge >= 0.3 is 6.18 Å². The summed E-state index contributed by atoms with van der Waals surface area (Å²) in [5.41, 5.74) is -0.812. The lowest BCUT2D eigenvalue weighted by molar-refractivity contribution is -0.139. The Bertz CT molecular complexity index is 520. The van der Waals surface area contributed by atoms with E-state index in [2.05, 4.69) is 10.6 Å². The molecule has 130 valence electrons. The normalized spacial score (nSPS) is 18.9. The highest BCUT2D eigenvalue weighted by molar-refractivity contribution is 5.85.